The number of nitrogens with one attached hydrogen (secondary N) is 1. The molecule has 2 aromatic rings. The number of ketones is 1. The fraction of sp³-hybridized carbons (Fsp3) is 0.346. The van der Waals surface area contributed by atoms with Gasteiger partial charge >= 0.3 is 5.97 Å². The Morgan fingerprint density at radius 3 is 2.53 bits per heavy atom. The molecular formula is C26H28N2O4. The molecule has 0 saturated heterocycles. The molecule has 166 valence electrons. The Bertz CT molecular complexity index is 1060. The summed E-state index contributed by atoms with van der Waals surface area (Å²) in [5.41, 5.74) is 3.72. The number of allylic oxidation sites excluding steroid dienone is 2. The molecule has 6 heteroatoms. The van der Waals surface area contributed by atoms with Gasteiger partial charge in [0, 0.05) is 35.3 Å². The van der Waals surface area contributed by atoms with Crippen LogP contribution in [0.5, 0.6) is 5.75 Å². The molecule has 1 aromatic carbocycles. The van der Waals surface area contributed by atoms with Gasteiger partial charge in [-0.25, -0.2) is 0 Å². The highest BCUT2D eigenvalue weighted by Gasteiger charge is 2.46. The summed E-state index contributed by atoms with van der Waals surface area (Å²) in [6.07, 6.45) is 2.44. The maximum Gasteiger partial charge on any atom is 0.316 e. The Balaban J connectivity index is 1.74. The second-order valence-electron chi connectivity index (χ2n) is 8.54. The molecule has 3 atom stereocenters. The van der Waals surface area contributed by atoms with Crippen molar-refractivity contribution >= 4 is 11.8 Å². The van der Waals surface area contributed by atoms with Crippen LogP contribution in [0.4, 0.5) is 0 Å². The normalized spacial score (nSPS) is 22.9. The van der Waals surface area contributed by atoms with Crippen molar-refractivity contribution < 1.29 is 19.1 Å². The Kier molecular flexibility index (Phi) is 6.12. The monoisotopic (exact) mass is 432 g/mol. The summed E-state index contributed by atoms with van der Waals surface area (Å²) in [6, 6.07) is 13.4. The number of methoxy groups -OCH3 is 1. The fourth-order valence-corrected chi connectivity index (χ4v) is 4.62. The van der Waals surface area contributed by atoms with Gasteiger partial charge in [-0.15, -0.1) is 0 Å². The number of hydrogen-bond donors (Lipinski definition) is 1. The molecule has 2 aliphatic rings. The van der Waals surface area contributed by atoms with Crippen LogP contribution in [0.25, 0.3) is 0 Å². The van der Waals surface area contributed by atoms with Crippen LogP contribution in [0.3, 0.4) is 0 Å². The molecule has 32 heavy (non-hydrogen) atoms. The van der Waals surface area contributed by atoms with Gasteiger partial charge in [-0.1, -0.05) is 24.8 Å². The number of rotatable bonds is 5. The Labute approximate surface area is 188 Å². The van der Waals surface area contributed by atoms with Gasteiger partial charge in [-0.3, -0.25) is 14.6 Å². The van der Waals surface area contributed by atoms with Gasteiger partial charge in [0.2, 0.25) is 0 Å². The summed E-state index contributed by atoms with van der Waals surface area (Å²) in [5.74, 6) is -0.796. The first-order valence-electron chi connectivity index (χ1n) is 10.9. The largest absolute Gasteiger partial charge is 0.497 e. The Morgan fingerprint density at radius 1 is 1.16 bits per heavy atom. The second kappa shape index (κ2) is 8.99. The van der Waals surface area contributed by atoms with E-state index in [0.29, 0.717) is 29.8 Å². The van der Waals surface area contributed by atoms with Gasteiger partial charge in [-0.2, -0.15) is 0 Å². The van der Waals surface area contributed by atoms with Gasteiger partial charge in [-0.05, 0) is 56.0 Å². The zero-order valence-corrected chi connectivity index (χ0v) is 18.6. The molecule has 2 heterocycles. The Morgan fingerprint density at radius 2 is 1.91 bits per heavy atom. The van der Waals surface area contributed by atoms with Crippen molar-refractivity contribution in [1.29, 1.82) is 0 Å². The molecule has 6 nitrogen and oxygen atoms in total. The van der Waals surface area contributed by atoms with E-state index in [2.05, 4.69) is 16.9 Å². The highest BCUT2D eigenvalue weighted by atomic mass is 16.5. The van der Waals surface area contributed by atoms with E-state index in [4.69, 9.17) is 9.47 Å². The average Bonchev–Trinajstić information content (AvgIpc) is 2.78. The smallest absolute Gasteiger partial charge is 0.316 e. The van der Waals surface area contributed by atoms with Gasteiger partial charge in [0.15, 0.2) is 5.78 Å². The van der Waals surface area contributed by atoms with E-state index in [0.717, 1.165) is 17.0 Å². The number of aromatic nitrogens is 1. The summed E-state index contributed by atoms with van der Waals surface area (Å²) >= 11 is 0. The van der Waals surface area contributed by atoms with Gasteiger partial charge < -0.3 is 14.8 Å². The molecule has 1 aromatic heterocycles. The fourth-order valence-electron chi connectivity index (χ4n) is 4.62. The van der Waals surface area contributed by atoms with Crippen molar-refractivity contribution in [2.24, 2.45) is 5.92 Å². The van der Waals surface area contributed by atoms with Crippen LogP contribution in [0.15, 0.2) is 72.2 Å². The second-order valence-corrected chi connectivity index (χ2v) is 8.54. The number of ether oxygens (including phenoxy) is 2. The highest BCUT2D eigenvalue weighted by molar-refractivity contribution is 6.01. The number of carbonyl (C=O) groups is 2. The number of pyridine rings is 1. The van der Waals surface area contributed by atoms with Crippen LogP contribution >= 0.6 is 0 Å². The van der Waals surface area contributed by atoms with E-state index < -0.39 is 17.8 Å². The lowest BCUT2D eigenvalue weighted by molar-refractivity contribution is -0.151. The maximum atomic E-state index is 13.5. The van der Waals surface area contributed by atoms with E-state index in [-0.39, 0.29) is 17.8 Å². The first kappa shape index (κ1) is 21.8. The van der Waals surface area contributed by atoms with Gasteiger partial charge in [0.1, 0.15) is 11.7 Å². The quantitative estimate of drug-likeness (QED) is 0.712. The lowest BCUT2D eigenvalue weighted by Crippen LogP contribution is -2.42. The molecular weight excluding hydrogens is 404 g/mol. The van der Waals surface area contributed by atoms with Crippen LogP contribution in [0.2, 0.25) is 0 Å². The molecule has 0 fully saturated rings. The van der Waals surface area contributed by atoms with Crippen LogP contribution in [0, 0.1) is 5.92 Å². The number of hydrogen-bond acceptors (Lipinski definition) is 6. The minimum absolute atomic E-state index is 0.0186. The lowest BCUT2D eigenvalue weighted by atomic mass is 9.70. The third kappa shape index (κ3) is 4.17. The van der Waals surface area contributed by atoms with E-state index >= 15 is 0 Å². The van der Waals surface area contributed by atoms with Crippen LogP contribution in [-0.2, 0) is 14.3 Å². The molecule has 1 N–H and O–H groups in total. The van der Waals surface area contributed by atoms with Crippen molar-refractivity contribution in [1.82, 2.24) is 10.3 Å². The predicted octanol–water partition coefficient (Wildman–Crippen LogP) is 4.26. The van der Waals surface area contributed by atoms with Crippen molar-refractivity contribution in [2.45, 2.75) is 44.6 Å². The number of esters is 1. The summed E-state index contributed by atoms with van der Waals surface area (Å²) in [6.45, 7) is 7.75. The first-order valence-corrected chi connectivity index (χ1v) is 10.9. The molecule has 3 unspecified atom stereocenters. The maximum absolute atomic E-state index is 13.5. The van der Waals surface area contributed by atoms with Crippen molar-refractivity contribution in [3.05, 3.63) is 83.5 Å². The first-order chi connectivity index (χ1) is 15.4. The molecule has 0 amide bonds. The number of nitrogens with zero attached hydrogens (tertiary/aromatic N) is 1. The standard InChI is InChI=1S/C26H28N2O4/c1-15(2)32-26(30)23-16(3)28-21-13-18(17-8-10-19(31-4)11-9-17)14-22(29)24(21)25(23)20-7-5-6-12-27-20/h5-12,15,18,23,25,28H,3,13-14H2,1-2,4H3. The molecule has 0 saturated carbocycles. The summed E-state index contributed by atoms with van der Waals surface area (Å²) < 4.78 is 10.8. The molecule has 1 aliphatic heterocycles. The summed E-state index contributed by atoms with van der Waals surface area (Å²) in [4.78, 5) is 31.0. The van der Waals surface area contributed by atoms with E-state index in [1.165, 1.54) is 0 Å². The summed E-state index contributed by atoms with van der Waals surface area (Å²) in [7, 11) is 1.63. The number of carbonyl (C=O) groups excluding carboxylic acids is 2. The third-order valence-corrected chi connectivity index (χ3v) is 6.04. The molecule has 0 bridgehead atoms. The van der Waals surface area contributed by atoms with Crippen LogP contribution in [-0.4, -0.2) is 30.0 Å². The van der Waals surface area contributed by atoms with E-state index in [1.54, 1.807) is 13.3 Å². The van der Waals surface area contributed by atoms with Crippen molar-refractivity contribution in [3.63, 3.8) is 0 Å². The SMILES string of the molecule is C=C1NC2=C(C(=O)CC(c3ccc(OC)cc3)C2)C(c2ccccn2)C1C(=O)OC(C)C. The predicted molar refractivity (Wildman–Crippen MR) is 121 cm³/mol. The van der Waals surface area contributed by atoms with Crippen LogP contribution in [0.1, 0.15) is 49.8 Å². The minimum Gasteiger partial charge on any atom is -0.497 e. The number of Topliss-reactive ketones (excluding diaryl/α,β-unsaturated/α-hetero) is 1. The minimum atomic E-state index is -0.715. The van der Waals surface area contributed by atoms with Gasteiger partial charge in [0.25, 0.3) is 0 Å². The Hall–Kier alpha value is -3.41. The third-order valence-electron chi connectivity index (χ3n) is 6.04. The van der Waals surface area contributed by atoms with E-state index in [9.17, 15) is 9.59 Å². The molecule has 4 rings (SSSR count). The molecule has 0 radical (unpaired) electrons. The molecule has 1 aliphatic carbocycles. The highest BCUT2D eigenvalue weighted by Crippen LogP contribution is 2.46. The topological polar surface area (TPSA) is 77.5 Å². The zero-order chi connectivity index (χ0) is 22.8. The lowest BCUT2D eigenvalue weighted by Gasteiger charge is -2.39. The van der Waals surface area contributed by atoms with E-state index in [1.807, 2.05) is 56.3 Å². The van der Waals surface area contributed by atoms with Crippen molar-refractivity contribution in [3.8, 4) is 5.75 Å². The van der Waals surface area contributed by atoms with Crippen LogP contribution < -0.4 is 10.1 Å². The average molecular weight is 433 g/mol. The summed E-state index contributed by atoms with van der Waals surface area (Å²) in [5, 5.41) is 3.29. The zero-order valence-electron chi connectivity index (χ0n) is 18.6. The van der Waals surface area contributed by atoms with Crippen molar-refractivity contribution in [2.75, 3.05) is 7.11 Å². The number of benzene rings is 1. The molecule has 0 spiro atoms. The van der Waals surface area contributed by atoms with Gasteiger partial charge in [0.05, 0.1) is 19.1 Å².